The first-order chi connectivity index (χ1) is 8.16. The van der Waals surface area contributed by atoms with Crippen molar-refractivity contribution in [2.75, 3.05) is 0 Å². The predicted molar refractivity (Wildman–Crippen MR) is 65.8 cm³/mol. The Hall–Kier alpha value is -1.84. The lowest BCUT2D eigenvalue weighted by atomic mass is 9.85. The van der Waals surface area contributed by atoms with Crippen LogP contribution in [0.1, 0.15) is 41.4 Å². The third-order valence-electron chi connectivity index (χ3n) is 3.67. The summed E-state index contributed by atoms with van der Waals surface area (Å²) in [7, 11) is 2.03. The zero-order valence-corrected chi connectivity index (χ0v) is 9.81. The zero-order valence-electron chi connectivity index (χ0n) is 9.81. The van der Waals surface area contributed by atoms with Gasteiger partial charge in [0, 0.05) is 18.5 Å². The monoisotopic (exact) mass is 229 g/mol. The standard InChI is InChI=1S/C13H15N3O/c1-16-11-6-5-9(12(14)17)7-10(11)15-13(16)8-3-2-4-8/h5-8H,2-4H2,1H3,(H2,14,17). The van der Waals surface area contributed by atoms with Gasteiger partial charge in [-0.3, -0.25) is 4.79 Å². The Morgan fingerprint density at radius 1 is 1.47 bits per heavy atom. The summed E-state index contributed by atoms with van der Waals surface area (Å²) in [5, 5.41) is 0. The van der Waals surface area contributed by atoms with E-state index in [4.69, 9.17) is 5.73 Å². The Kier molecular flexibility index (Phi) is 2.18. The number of primary amides is 1. The Balaban J connectivity index is 2.14. The number of carbonyl (C=O) groups is 1. The molecule has 1 aliphatic rings. The van der Waals surface area contributed by atoms with Crippen LogP contribution in [0.3, 0.4) is 0 Å². The molecule has 4 nitrogen and oxygen atoms in total. The van der Waals surface area contributed by atoms with Crippen molar-refractivity contribution < 1.29 is 4.79 Å². The van der Waals surface area contributed by atoms with Gasteiger partial charge in [-0.2, -0.15) is 0 Å². The van der Waals surface area contributed by atoms with Gasteiger partial charge in [0.05, 0.1) is 11.0 Å². The molecule has 88 valence electrons. The van der Waals surface area contributed by atoms with Crippen molar-refractivity contribution in [2.24, 2.45) is 12.8 Å². The highest BCUT2D eigenvalue weighted by atomic mass is 16.1. The van der Waals surface area contributed by atoms with Gasteiger partial charge in [-0.25, -0.2) is 4.98 Å². The molecule has 1 fully saturated rings. The van der Waals surface area contributed by atoms with Gasteiger partial charge in [0.2, 0.25) is 5.91 Å². The van der Waals surface area contributed by atoms with E-state index in [0.717, 1.165) is 16.9 Å². The highest BCUT2D eigenvalue weighted by molar-refractivity contribution is 5.96. The van der Waals surface area contributed by atoms with E-state index in [1.165, 1.54) is 19.3 Å². The molecule has 1 amide bonds. The molecule has 4 heteroatoms. The number of fused-ring (bicyclic) bond motifs is 1. The highest BCUT2D eigenvalue weighted by Crippen LogP contribution is 2.36. The SMILES string of the molecule is Cn1c(C2CCC2)nc2cc(C(N)=O)ccc21. The first-order valence-corrected chi connectivity index (χ1v) is 5.93. The number of hydrogen-bond donors (Lipinski definition) is 1. The number of nitrogens with two attached hydrogens (primary N) is 1. The molecule has 3 rings (SSSR count). The summed E-state index contributed by atoms with van der Waals surface area (Å²) in [5.41, 5.74) is 7.73. The van der Waals surface area contributed by atoms with Crippen molar-refractivity contribution in [2.45, 2.75) is 25.2 Å². The van der Waals surface area contributed by atoms with E-state index in [1.54, 1.807) is 12.1 Å². The number of benzene rings is 1. The van der Waals surface area contributed by atoms with Crippen molar-refractivity contribution in [1.82, 2.24) is 9.55 Å². The molecule has 17 heavy (non-hydrogen) atoms. The first-order valence-electron chi connectivity index (χ1n) is 5.93. The average molecular weight is 229 g/mol. The number of imidazole rings is 1. The van der Waals surface area contributed by atoms with E-state index in [2.05, 4.69) is 9.55 Å². The Labute approximate surface area is 99.4 Å². The molecule has 0 unspecified atom stereocenters. The van der Waals surface area contributed by atoms with Gasteiger partial charge in [-0.15, -0.1) is 0 Å². The summed E-state index contributed by atoms with van der Waals surface area (Å²) in [4.78, 5) is 15.8. The molecule has 1 aromatic heterocycles. The van der Waals surface area contributed by atoms with E-state index in [0.29, 0.717) is 11.5 Å². The van der Waals surface area contributed by atoms with Crippen LogP contribution in [-0.2, 0) is 7.05 Å². The lowest BCUT2D eigenvalue weighted by Gasteiger charge is -2.24. The highest BCUT2D eigenvalue weighted by Gasteiger charge is 2.24. The molecule has 2 N–H and O–H groups in total. The molecule has 1 aliphatic carbocycles. The van der Waals surface area contributed by atoms with Crippen LogP contribution in [0.2, 0.25) is 0 Å². The Bertz CT molecular complexity index is 596. The second kappa shape index (κ2) is 3.58. The van der Waals surface area contributed by atoms with Crippen LogP contribution in [0, 0.1) is 0 Å². The second-order valence-electron chi connectivity index (χ2n) is 4.72. The van der Waals surface area contributed by atoms with E-state index in [-0.39, 0.29) is 0 Å². The van der Waals surface area contributed by atoms with Crippen LogP contribution >= 0.6 is 0 Å². The van der Waals surface area contributed by atoms with Gasteiger partial charge >= 0.3 is 0 Å². The summed E-state index contributed by atoms with van der Waals surface area (Å²) >= 11 is 0. The largest absolute Gasteiger partial charge is 0.366 e. The number of nitrogens with zero attached hydrogens (tertiary/aromatic N) is 2. The average Bonchev–Trinajstić information content (AvgIpc) is 2.54. The third kappa shape index (κ3) is 1.52. The number of carbonyl (C=O) groups excluding carboxylic acids is 1. The van der Waals surface area contributed by atoms with Crippen molar-refractivity contribution in [3.8, 4) is 0 Å². The van der Waals surface area contributed by atoms with Gasteiger partial charge in [-0.05, 0) is 31.0 Å². The van der Waals surface area contributed by atoms with Gasteiger partial charge < -0.3 is 10.3 Å². The summed E-state index contributed by atoms with van der Waals surface area (Å²) < 4.78 is 2.13. The topological polar surface area (TPSA) is 60.9 Å². The fourth-order valence-corrected chi connectivity index (χ4v) is 2.40. The van der Waals surface area contributed by atoms with Gasteiger partial charge in [0.15, 0.2) is 0 Å². The maximum Gasteiger partial charge on any atom is 0.248 e. The number of amides is 1. The molecule has 1 heterocycles. The fourth-order valence-electron chi connectivity index (χ4n) is 2.40. The Morgan fingerprint density at radius 3 is 2.82 bits per heavy atom. The molecule has 0 saturated heterocycles. The molecule has 0 spiro atoms. The quantitative estimate of drug-likeness (QED) is 0.855. The van der Waals surface area contributed by atoms with E-state index < -0.39 is 5.91 Å². The minimum atomic E-state index is -0.400. The van der Waals surface area contributed by atoms with Crippen LogP contribution in [0.4, 0.5) is 0 Å². The number of aromatic nitrogens is 2. The Morgan fingerprint density at radius 2 is 2.24 bits per heavy atom. The van der Waals surface area contributed by atoms with Crippen LogP contribution < -0.4 is 5.73 Å². The maximum absolute atomic E-state index is 11.1. The molecule has 0 radical (unpaired) electrons. The van der Waals surface area contributed by atoms with Gasteiger partial charge in [0.1, 0.15) is 5.82 Å². The smallest absolute Gasteiger partial charge is 0.248 e. The minimum Gasteiger partial charge on any atom is -0.366 e. The second-order valence-corrected chi connectivity index (χ2v) is 4.72. The summed E-state index contributed by atoms with van der Waals surface area (Å²) in [6.07, 6.45) is 3.74. The summed E-state index contributed by atoms with van der Waals surface area (Å²) in [6, 6.07) is 5.46. The molecule has 2 aromatic rings. The molecule has 1 aromatic carbocycles. The van der Waals surface area contributed by atoms with E-state index in [1.807, 2.05) is 13.1 Å². The normalized spacial score (nSPS) is 16.1. The molecule has 0 atom stereocenters. The van der Waals surface area contributed by atoms with Crippen molar-refractivity contribution in [3.63, 3.8) is 0 Å². The zero-order chi connectivity index (χ0) is 12.0. The van der Waals surface area contributed by atoms with Crippen LogP contribution in [0.25, 0.3) is 11.0 Å². The van der Waals surface area contributed by atoms with E-state index >= 15 is 0 Å². The third-order valence-corrected chi connectivity index (χ3v) is 3.67. The minimum absolute atomic E-state index is 0.400. The molecule has 0 aliphatic heterocycles. The summed E-state index contributed by atoms with van der Waals surface area (Å²) in [5.74, 6) is 1.32. The van der Waals surface area contributed by atoms with Crippen molar-refractivity contribution in [1.29, 1.82) is 0 Å². The number of aryl methyl sites for hydroxylation is 1. The lowest BCUT2D eigenvalue weighted by Crippen LogP contribution is -2.13. The maximum atomic E-state index is 11.1. The summed E-state index contributed by atoms with van der Waals surface area (Å²) in [6.45, 7) is 0. The van der Waals surface area contributed by atoms with E-state index in [9.17, 15) is 4.79 Å². The lowest BCUT2D eigenvalue weighted by molar-refractivity contribution is 0.100. The van der Waals surface area contributed by atoms with Gasteiger partial charge in [-0.1, -0.05) is 6.42 Å². The number of rotatable bonds is 2. The molecule has 0 bridgehead atoms. The number of hydrogen-bond acceptors (Lipinski definition) is 2. The van der Waals surface area contributed by atoms with Crippen LogP contribution in [-0.4, -0.2) is 15.5 Å². The van der Waals surface area contributed by atoms with Crippen molar-refractivity contribution in [3.05, 3.63) is 29.6 Å². The van der Waals surface area contributed by atoms with Gasteiger partial charge in [0.25, 0.3) is 0 Å². The first kappa shape index (κ1) is 10.3. The molecular weight excluding hydrogens is 214 g/mol. The van der Waals surface area contributed by atoms with Crippen LogP contribution in [0.5, 0.6) is 0 Å². The predicted octanol–water partition coefficient (Wildman–Crippen LogP) is 1.94. The fraction of sp³-hybridized carbons (Fsp3) is 0.385. The molecular formula is C13H15N3O. The van der Waals surface area contributed by atoms with Crippen molar-refractivity contribution >= 4 is 16.9 Å². The molecule has 1 saturated carbocycles. The van der Waals surface area contributed by atoms with Crippen LogP contribution in [0.15, 0.2) is 18.2 Å².